The average Bonchev–Trinajstić information content (AvgIpc) is 3.39. The van der Waals surface area contributed by atoms with E-state index in [9.17, 15) is 4.79 Å². The van der Waals surface area contributed by atoms with E-state index >= 15 is 0 Å². The molecule has 0 aliphatic carbocycles. The minimum absolute atomic E-state index is 0.254. The van der Waals surface area contributed by atoms with Gasteiger partial charge in [0.05, 0.1) is 12.1 Å². The number of carbonyl (C=O) groups is 1. The molecule has 0 radical (unpaired) electrons. The van der Waals surface area contributed by atoms with Crippen molar-refractivity contribution in [1.29, 1.82) is 0 Å². The minimum Gasteiger partial charge on any atom is -0.341 e. The number of hydrogen-bond donors (Lipinski definition) is 2. The Hall–Kier alpha value is -3.00. The number of nitrogens with one attached hydrogen (secondary N) is 2. The van der Waals surface area contributed by atoms with Crippen molar-refractivity contribution in [3.63, 3.8) is 0 Å². The molecular formula is C19H22N6O2. The van der Waals surface area contributed by atoms with E-state index in [2.05, 4.69) is 25.9 Å². The number of aromatic nitrogens is 4. The molecule has 2 N–H and O–H groups in total. The van der Waals surface area contributed by atoms with E-state index in [1.807, 2.05) is 48.1 Å². The Morgan fingerprint density at radius 3 is 2.96 bits per heavy atom. The van der Waals surface area contributed by atoms with Crippen LogP contribution in [0.3, 0.4) is 0 Å². The van der Waals surface area contributed by atoms with Crippen molar-refractivity contribution in [2.45, 2.75) is 31.8 Å². The Labute approximate surface area is 157 Å². The first-order valence-electron chi connectivity index (χ1n) is 9.16. The van der Waals surface area contributed by atoms with Crippen LogP contribution in [0.1, 0.15) is 48.2 Å². The van der Waals surface area contributed by atoms with Crippen molar-refractivity contribution in [2.24, 2.45) is 0 Å². The standard InChI is InChI=1S/C19H22N6O2/c1-13(17-22-19(27-24-17)14-6-3-2-4-7-14)21-18(26)16-9-11-25(23-16)15-8-5-10-20-12-15/h2-4,6-7,9,11,13,15,20H,5,8,10,12H2,1H3,(H,21,26). The van der Waals surface area contributed by atoms with Gasteiger partial charge < -0.3 is 15.2 Å². The second-order valence-corrected chi connectivity index (χ2v) is 6.70. The fourth-order valence-electron chi connectivity index (χ4n) is 3.17. The van der Waals surface area contributed by atoms with Crippen LogP contribution >= 0.6 is 0 Å². The van der Waals surface area contributed by atoms with E-state index in [0.29, 0.717) is 23.5 Å². The molecule has 2 unspecified atom stereocenters. The Morgan fingerprint density at radius 1 is 1.33 bits per heavy atom. The molecule has 0 spiro atoms. The number of hydrogen-bond acceptors (Lipinski definition) is 6. The second-order valence-electron chi connectivity index (χ2n) is 6.70. The van der Waals surface area contributed by atoms with E-state index in [4.69, 9.17) is 4.52 Å². The van der Waals surface area contributed by atoms with E-state index in [-0.39, 0.29) is 11.9 Å². The second kappa shape index (κ2) is 7.71. The van der Waals surface area contributed by atoms with Gasteiger partial charge in [-0.25, -0.2) is 0 Å². The molecule has 0 bridgehead atoms. The van der Waals surface area contributed by atoms with Gasteiger partial charge in [0.2, 0.25) is 0 Å². The lowest BCUT2D eigenvalue weighted by molar-refractivity contribution is 0.0931. The van der Waals surface area contributed by atoms with Gasteiger partial charge in [-0.05, 0) is 44.5 Å². The lowest BCUT2D eigenvalue weighted by Gasteiger charge is -2.22. The number of amides is 1. The summed E-state index contributed by atoms with van der Waals surface area (Å²) in [5.41, 5.74) is 1.23. The summed E-state index contributed by atoms with van der Waals surface area (Å²) >= 11 is 0. The maximum atomic E-state index is 12.5. The largest absolute Gasteiger partial charge is 0.341 e. The maximum absolute atomic E-state index is 12.5. The molecule has 3 aromatic rings. The molecule has 3 heterocycles. The molecule has 4 rings (SSSR count). The zero-order valence-corrected chi connectivity index (χ0v) is 15.1. The van der Waals surface area contributed by atoms with Crippen molar-refractivity contribution in [3.8, 4) is 11.5 Å². The first-order chi connectivity index (χ1) is 13.2. The summed E-state index contributed by atoms with van der Waals surface area (Å²) in [7, 11) is 0. The first-order valence-corrected chi connectivity index (χ1v) is 9.16. The predicted octanol–water partition coefficient (Wildman–Crippen LogP) is 2.35. The van der Waals surface area contributed by atoms with Gasteiger partial charge in [-0.1, -0.05) is 23.4 Å². The highest BCUT2D eigenvalue weighted by Crippen LogP contribution is 2.19. The summed E-state index contributed by atoms with van der Waals surface area (Å²) in [5.74, 6) is 0.606. The molecule has 1 aliphatic heterocycles. The summed E-state index contributed by atoms with van der Waals surface area (Å²) in [6.45, 7) is 3.74. The van der Waals surface area contributed by atoms with Crippen molar-refractivity contribution in [1.82, 2.24) is 30.6 Å². The van der Waals surface area contributed by atoms with Crippen molar-refractivity contribution >= 4 is 5.91 Å². The van der Waals surface area contributed by atoms with Gasteiger partial charge in [0, 0.05) is 18.3 Å². The summed E-state index contributed by atoms with van der Waals surface area (Å²) < 4.78 is 7.17. The molecule has 1 amide bonds. The molecule has 1 saturated heterocycles. The molecule has 8 heteroatoms. The normalized spacial score (nSPS) is 18.2. The molecule has 1 aliphatic rings. The van der Waals surface area contributed by atoms with Crippen LogP contribution in [0.4, 0.5) is 0 Å². The number of piperidine rings is 1. The van der Waals surface area contributed by atoms with Crippen LogP contribution in [0.5, 0.6) is 0 Å². The average molecular weight is 366 g/mol. The van der Waals surface area contributed by atoms with E-state index in [0.717, 1.165) is 31.5 Å². The highest BCUT2D eigenvalue weighted by Gasteiger charge is 2.21. The fraction of sp³-hybridized carbons (Fsp3) is 0.368. The van der Waals surface area contributed by atoms with E-state index in [1.165, 1.54) is 0 Å². The summed E-state index contributed by atoms with van der Waals surface area (Å²) in [5, 5.41) is 14.6. The Balaban J connectivity index is 1.41. The van der Waals surface area contributed by atoms with Gasteiger partial charge in [-0.2, -0.15) is 10.1 Å². The van der Waals surface area contributed by atoms with Crippen LogP contribution in [0, 0.1) is 0 Å². The lowest BCUT2D eigenvalue weighted by atomic mass is 10.1. The van der Waals surface area contributed by atoms with E-state index < -0.39 is 0 Å². The molecule has 1 aromatic carbocycles. The number of nitrogens with zero attached hydrogens (tertiary/aromatic N) is 4. The van der Waals surface area contributed by atoms with Crippen LogP contribution in [-0.2, 0) is 0 Å². The third-order valence-corrected chi connectivity index (χ3v) is 4.68. The van der Waals surface area contributed by atoms with Crippen molar-refractivity contribution < 1.29 is 9.32 Å². The topological polar surface area (TPSA) is 97.9 Å². The summed E-state index contributed by atoms with van der Waals surface area (Å²) in [6.07, 6.45) is 4.04. The molecule has 1 fully saturated rings. The van der Waals surface area contributed by atoms with Crippen LogP contribution in [0.25, 0.3) is 11.5 Å². The number of rotatable bonds is 5. The third-order valence-electron chi connectivity index (χ3n) is 4.68. The predicted molar refractivity (Wildman–Crippen MR) is 99.0 cm³/mol. The van der Waals surface area contributed by atoms with Crippen LogP contribution < -0.4 is 10.6 Å². The van der Waals surface area contributed by atoms with E-state index in [1.54, 1.807) is 6.07 Å². The SMILES string of the molecule is CC(NC(=O)c1ccn(C2CCCNC2)n1)c1noc(-c2ccccc2)n1. The molecule has 8 nitrogen and oxygen atoms in total. The quantitative estimate of drug-likeness (QED) is 0.719. The molecule has 2 aromatic heterocycles. The Morgan fingerprint density at radius 2 is 2.19 bits per heavy atom. The maximum Gasteiger partial charge on any atom is 0.272 e. The van der Waals surface area contributed by atoms with Crippen LogP contribution in [0.15, 0.2) is 47.1 Å². The summed E-state index contributed by atoms with van der Waals surface area (Å²) in [4.78, 5) is 16.9. The van der Waals surface area contributed by atoms with Gasteiger partial charge in [0.1, 0.15) is 5.69 Å². The summed E-state index contributed by atoms with van der Waals surface area (Å²) in [6, 6.07) is 11.2. The lowest BCUT2D eigenvalue weighted by Crippen LogP contribution is -2.32. The monoisotopic (exact) mass is 366 g/mol. The van der Waals surface area contributed by atoms with Gasteiger partial charge in [-0.15, -0.1) is 0 Å². The third kappa shape index (κ3) is 3.90. The van der Waals surface area contributed by atoms with Gasteiger partial charge in [0.15, 0.2) is 5.82 Å². The number of carbonyl (C=O) groups excluding carboxylic acids is 1. The zero-order chi connectivity index (χ0) is 18.6. The molecule has 2 atom stereocenters. The van der Waals surface area contributed by atoms with Crippen LogP contribution in [0.2, 0.25) is 0 Å². The molecule has 27 heavy (non-hydrogen) atoms. The van der Waals surface area contributed by atoms with Gasteiger partial charge in [0.25, 0.3) is 11.8 Å². The smallest absolute Gasteiger partial charge is 0.272 e. The highest BCUT2D eigenvalue weighted by atomic mass is 16.5. The van der Waals surface area contributed by atoms with Crippen molar-refractivity contribution in [3.05, 3.63) is 54.1 Å². The molecule has 0 saturated carbocycles. The zero-order valence-electron chi connectivity index (χ0n) is 15.1. The van der Waals surface area contributed by atoms with Crippen LogP contribution in [-0.4, -0.2) is 38.9 Å². The highest BCUT2D eigenvalue weighted by molar-refractivity contribution is 5.92. The van der Waals surface area contributed by atoms with Gasteiger partial charge in [-0.3, -0.25) is 9.48 Å². The minimum atomic E-state index is -0.389. The number of benzene rings is 1. The first kappa shape index (κ1) is 17.4. The fourth-order valence-corrected chi connectivity index (χ4v) is 3.17. The Kier molecular flexibility index (Phi) is 4.97. The van der Waals surface area contributed by atoms with Gasteiger partial charge >= 0.3 is 0 Å². The molecule has 140 valence electrons. The Bertz CT molecular complexity index is 898. The van der Waals surface area contributed by atoms with Crippen molar-refractivity contribution in [2.75, 3.05) is 13.1 Å². The molecular weight excluding hydrogens is 344 g/mol.